The van der Waals surface area contributed by atoms with Crippen LogP contribution in [0.1, 0.15) is 31.3 Å². The molecule has 7 heteroatoms. The van der Waals surface area contributed by atoms with E-state index < -0.39 is 11.5 Å². The molecule has 0 radical (unpaired) electrons. The Balaban J connectivity index is 2.49. The van der Waals surface area contributed by atoms with E-state index >= 15 is 0 Å². The summed E-state index contributed by atoms with van der Waals surface area (Å²) in [6.45, 7) is 5.39. The number of H-pyrrole nitrogens is 1. The minimum atomic E-state index is -0.518. The molecule has 98 valence electrons. The van der Waals surface area contributed by atoms with Gasteiger partial charge >= 0.3 is 0 Å². The van der Waals surface area contributed by atoms with E-state index in [1.165, 1.54) is 12.1 Å². The van der Waals surface area contributed by atoms with Crippen molar-refractivity contribution in [3.8, 4) is 0 Å². The first kappa shape index (κ1) is 13.9. The molecule has 0 saturated carbocycles. The number of rotatable bonds is 3. The highest BCUT2D eigenvalue weighted by atomic mass is 16.2. The van der Waals surface area contributed by atoms with Crippen LogP contribution in [0.5, 0.6) is 0 Å². The lowest BCUT2D eigenvalue weighted by atomic mass is 10.1. The fraction of sp³-hybridized carbons (Fsp3) is 0.455. The van der Waals surface area contributed by atoms with Gasteiger partial charge in [0.2, 0.25) is 5.91 Å². The Morgan fingerprint density at radius 2 is 2.00 bits per heavy atom. The zero-order valence-corrected chi connectivity index (χ0v) is 10.5. The van der Waals surface area contributed by atoms with Crippen molar-refractivity contribution in [2.75, 3.05) is 6.54 Å². The number of aromatic amines is 1. The van der Waals surface area contributed by atoms with Gasteiger partial charge < -0.3 is 10.6 Å². The van der Waals surface area contributed by atoms with Crippen molar-refractivity contribution in [3.63, 3.8) is 0 Å². The number of nitrogens with zero attached hydrogens (tertiary/aromatic N) is 1. The Morgan fingerprint density at radius 3 is 2.50 bits per heavy atom. The Bertz CT molecular complexity index is 481. The first-order chi connectivity index (χ1) is 8.28. The summed E-state index contributed by atoms with van der Waals surface area (Å²) < 4.78 is 0. The van der Waals surface area contributed by atoms with Gasteiger partial charge in [-0.2, -0.15) is 5.10 Å². The molecule has 0 atom stereocenters. The van der Waals surface area contributed by atoms with Crippen molar-refractivity contribution >= 4 is 11.8 Å². The Morgan fingerprint density at radius 1 is 1.33 bits per heavy atom. The third-order valence-electron chi connectivity index (χ3n) is 1.84. The molecule has 3 N–H and O–H groups in total. The summed E-state index contributed by atoms with van der Waals surface area (Å²) in [6, 6.07) is 2.48. The molecule has 0 aliphatic heterocycles. The molecular formula is C11H16N4O3. The summed E-state index contributed by atoms with van der Waals surface area (Å²) >= 11 is 0. The minimum Gasteiger partial charge on any atom is -0.350 e. The van der Waals surface area contributed by atoms with Crippen molar-refractivity contribution < 1.29 is 9.59 Å². The van der Waals surface area contributed by atoms with Crippen LogP contribution in [0.25, 0.3) is 0 Å². The van der Waals surface area contributed by atoms with Crippen LogP contribution in [0, 0.1) is 0 Å². The van der Waals surface area contributed by atoms with Crippen LogP contribution in [0.3, 0.4) is 0 Å². The monoisotopic (exact) mass is 252 g/mol. The standard InChI is InChI=1S/C11H16N4O3/c1-11(2,3)13-9(17)6-12-10(18)7-4-5-8(16)15-14-7/h4-5H,6H2,1-3H3,(H,12,18)(H,13,17)(H,15,16). The second-order valence-electron chi connectivity index (χ2n) is 4.79. The van der Waals surface area contributed by atoms with Gasteiger partial charge in [-0.3, -0.25) is 14.4 Å². The Labute approximate surface area is 104 Å². The molecule has 0 aliphatic rings. The van der Waals surface area contributed by atoms with Crippen LogP contribution in [0.4, 0.5) is 0 Å². The molecule has 1 rings (SSSR count). The van der Waals surface area contributed by atoms with Crippen LogP contribution in [0.2, 0.25) is 0 Å². The van der Waals surface area contributed by atoms with Crippen molar-refractivity contribution in [2.24, 2.45) is 0 Å². The fourth-order valence-corrected chi connectivity index (χ4v) is 1.18. The quantitative estimate of drug-likeness (QED) is 0.669. The molecule has 1 aromatic rings. The number of hydrogen-bond acceptors (Lipinski definition) is 4. The maximum Gasteiger partial charge on any atom is 0.272 e. The van der Waals surface area contributed by atoms with E-state index in [1.807, 2.05) is 20.8 Å². The smallest absolute Gasteiger partial charge is 0.272 e. The number of nitrogens with one attached hydrogen (secondary N) is 3. The maximum absolute atomic E-state index is 11.6. The predicted octanol–water partition coefficient (Wildman–Crippen LogP) is -0.586. The summed E-state index contributed by atoms with van der Waals surface area (Å²) in [7, 11) is 0. The lowest BCUT2D eigenvalue weighted by molar-refractivity contribution is -0.121. The molecule has 0 aliphatic carbocycles. The summed E-state index contributed by atoms with van der Waals surface area (Å²) in [6.07, 6.45) is 0. The van der Waals surface area contributed by atoms with Crippen molar-refractivity contribution in [1.29, 1.82) is 0 Å². The first-order valence-electron chi connectivity index (χ1n) is 5.43. The zero-order valence-electron chi connectivity index (χ0n) is 10.5. The predicted molar refractivity (Wildman–Crippen MR) is 65.1 cm³/mol. The summed E-state index contributed by atoms with van der Waals surface area (Å²) in [5.74, 6) is -0.810. The van der Waals surface area contributed by atoms with Crippen molar-refractivity contribution in [1.82, 2.24) is 20.8 Å². The Hall–Kier alpha value is -2.18. The molecule has 1 heterocycles. The number of amides is 2. The normalized spacial score (nSPS) is 10.8. The lowest BCUT2D eigenvalue weighted by Gasteiger charge is -2.20. The molecule has 0 aromatic carbocycles. The number of hydrogen-bond donors (Lipinski definition) is 3. The molecule has 18 heavy (non-hydrogen) atoms. The van der Waals surface area contributed by atoms with Crippen molar-refractivity contribution in [3.05, 3.63) is 28.2 Å². The second-order valence-corrected chi connectivity index (χ2v) is 4.79. The van der Waals surface area contributed by atoms with Gasteiger partial charge in [-0.05, 0) is 26.8 Å². The highest BCUT2D eigenvalue weighted by molar-refractivity contribution is 5.94. The first-order valence-corrected chi connectivity index (χ1v) is 5.43. The van der Waals surface area contributed by atoms with Crippen LogP contribution in [-0.2, 0) is 4.79 Å². The molecule has 0 spiro atoms. The second kappa shape index (κ2) is 5.44. The third-order valence-corrected chi connectivity index (χ3v) is 1.84. The summed E-state index contributed by atoms with van der Waals surface area (Å²) in [4.78, 5) is 33.7. The molecule has 2 amide bonds. The molecule has 0 bridgehead atoms. The molecule has 0 unspecified atom stereocenters. The van der Waals surface area contributed by atoms with Gasteiger partial charge in [0.1, 0.15) is 5.69 Å². The number of carbonyl (C=O) groups excluding carboxylic acids is 2. The van der Waals surface area contributed by atoms with Gasteiger partial charge in [0, 0.05) is 11.6 Å². The average molecular weight is 252 g/mol. The van der Waals surface area contributed by atoms with E-state index in [-0.39, 0.29) is 23.7 Å². The van der Waals surface area contributed by atoms with E-state index in [0.717, 1.165) is 0 Å². The molecule has 0 saturated heterocycles. The van der Waals surface area contributed by atoms with Crippen LogP contribution in [0.15, 0.2) is 16.9 Å². The van der Waals surface area contributed by atoms with Gasteiger partial charge in [-0.15, -0.1) is 0 Å². The Kier molecular flexibility index (Phi) is 4.19. The van der Waals surface area contributed by atoms with Gasteiger partial charge in [-0.25, -0.2) is 5.10 Å². The summed E-state index contributed by atoms with van der Waals surface area (Å²) in [5, 5.41) is 10.8. The zero-order chi connectivity index (χ0) is 13.8. The number of carbonyl (C=O) groups is 2. The maximum atomic E-state index is 11.6. The van der Waals surface area contributed by atoms with Crippen LogP contribution >= 0.6 is 0 Å². The highest BCUT2D eigenvalue weighted by Gasteiger charge is 2.15. The summed E-state index contributed by atoms with van der Waals surface area (Å²) in [5.41, 5.74) is -0.687. The molecule has 0 fully saturated rings. The number of aromatic nitrogens is 2. The van der Waals surface area contributed by atoms with Gasteiger partial charge in [-0.1, -0.05) is 0 Å². The van der Waals surface area contributed by atoms with Gasteiger partial charge in [0.15, 0.2) is 0 Å². The van der Waals surface area contributed by atoms with Crippen LogP contribution < -0.4 is 16.2 Å². The van der Waals surface area contributed by atoms with Crippen LogP contribution in [-0.4, -0.2) is 34.1 Å². The topological polar surface area (TPSA) is 104 Å². The highest BCUT2D eigenvalue weighted by Crippen LogP contribution is 1.97. The average Bonchev–Trinajstić information content (AvgIpc) is 2.24. The van der Waals surface area contributed by atoms with E-state index in [4.69, 9.17) is 0 Å². The van der Waals surface area contributed by atoms with E-state index in [2.05, 4.69) is 20.8 Å². The minimum absolute atomic E-state index is 0.0539. The fourth-order valence-electron chi connectivity index (χ4n) is 1.18. The largest absolute Gasteiger partial charge is 0.350 e. The molecule has 1 aromatic heterocycles. The van der Waals surface area contributed by atoms with E-state index in [0.29, 0.717) is 0 Å². The van der Waals surface area contributed by atoms with E-state index in [1.54, 1.807) is 0 Å². The SMILES string of the molecule is CC(C)(C)NC(=O)CNC(=O)c1ccc(=O)[nH]n1. The van der Waals surface area contributed by atoms with Gasteiger partial charge in [0.05, 0.1) is 6.54 Å². The van der Waals surface area contributed by atoms with Gasteiger partial charge in [0.25, 0.3) is 11.5 Å². The van der Waals surface area contributed by atoms with E-state index in [9.17, 15) is 14.4 Å². The molecular weight excluding hydrogens is 236 g/mol. The third kappa shape index (κ3) is 4.77. The van der Waals surface area contributed by atoms with Crippen molar-refractivity contribution in [2.45, 2.75) is 26.3 Å². The lowest BCUT2D eigenvalue weighted by Crippen LogP contribution is -2.46. The molecule has 7 nitrogen and oxygen atoms in total.